The molecule has 0 saturated carbocycles. The lowest BCUT2D eigenvalue weighted by atomic mass is 10.1. The number of rotatable bonds is 9. The van der Waals surface area contributed by atoms with E-state index in [9.17, 15) is 13.2 Å². The lowest BCUT2D eigenvalue weighted by Crippen LogP contribution is -2.39. The predicted octanol–water partition coefficient (Wildman–Crippen LogP) is 2.32. The number of nitrogens with zero attached hydrogens (tertiary/aromatic N) is 1. The highest BCUT2D eigenvalue weighted by Crippen LogP contribution is 2.17. The third-order valence-electron chi connectivity index (χ3n) is 4.55. The number of sulfonamides is 1. The molecule has 8 nitrogen and oxygen atoms in total. The summed E-state index contributed by atoms with van der Waals surface area (Å²) in [5, 5.41) is 3.55. The second-order valence-corrected chi connectivity index (χ2v) is 8.67. The van der Waals surface area contributed by atoms with Crippen molar-refractivity contribution in [2.24, 2.45) is 0 Å². The van der Waals surface area contributed by atoms with E-state index in [4.69, 9.17) is 9.15 Å². The minimum atomic E-state index is -3.43. The second kappa shape index (κ2) is 10.3. The van der Waals surface area contributed by atoms with Gasteiger partial charge in [-0.15, -0.1) is 0 Å². The SMILES string of the molecule is C=C/C=C(\C=C/CS(=O)(=O)NC1CCOCC1)CNC(=O)c1cc2ccncc2o1. The van der Waals surface area contributed by atoms with Crippen molar-refractivity contribution in [3.63, 3.8) is 0 Å². The molecule has 0 aromatic carbocycles. The van der Waals surface area contributed by atoms with Gasteiger partial charge in [-0.25, -0.2) is 13.1 Å². The van der Waals surface area contributed by atoms with Gasteiger partial charge in [0.25, 0.3) is 5.91 Å². The van der Waals surface area contributed by atoms with Crippen LogP contribution < -0.4 is 10.0 Å². The Hall–Kier alpha value is -2.75. The third-order valence-corrected chi connectivity index (χ3v) is 5.87. The predicted molar refractivity (Wildman–Crippen MR) is 115 cm³/mol. The van der Waals surface area contributed by atoms with Crippen molar-refractivity contribution in [3.8, 4) is 0 Å². The standard InChI is InChI=1S/C21H25N3O5S/c1-2-4-16(5-3-12-30(26,27)24-18-7-10-28-11-8-18)14-23-21(25)19-13-17-6-9-22-15-20(17)29-19/h2-6,9,13,15,18,24H,1,7-8,10-12,14H2,(H,23,25)/b5-3-,16-4+. The van der Waals surface area contributed by atoms with Gasteiger partial charge in [-0.2, -0.15) is 0 Å². The van der Waals surface area contributed by atoms with E-state index in [1.807, 2.05) is 0 Å². The van der Waals surface area contributed by atoms with Crippen LogP contribution in [0.15, 0.2) is 65.4 Å². The summed E-state index contributed by atoms with van der Waals surface area (Å²) in [7, 11) is -3.43. The van der Waals surface area contributed by atoms with Crippen molar-refractivity contribution in [3.05, 3.63) is 66.7 Å². The molecule has 0 unspecified atom stereocenters. The van der Waals surface area contributed by atoms with Gasteiger partial charge in [0.05, 0.1) is 11.9 Å². The van der Waals surface area contributed by atoms with Crippen LogP contribution in [0.1, 0.15) is 23.4 Å². The topological polar surface area (TPSA) is 111 Å². The Bertz CT molecular complexity index is 1020. The first-order valence-electron chi connectivity index (χ1n) is 9.64. The quantitative estimate of drug-likeness (QED) is 0.590. The van der Waals surface area contributed by atoms with Gasteiger partial charge in [-0.1, -0.05) is 30.9 Å². The van der Waals surface area contributed by atoms with Crippen LogP contribution >= 0.6 is 0 Å². The highest BCUT2D eigenvalue weighted by Gasteiger charge is 2.19. The number of nitrogens with one attached hydrogen (secondary N) is 2. The summed E-state index contributed by atoms with van der Waals surface area (Å²) in [6.07, 6.45) is 11.0. The van der Waals surface area contributed by atoms with E-state index in [0.717, 1.165) is 5.39 Å². The van der Waals surface area contributed by atoms with Crippen LogP contribution in [0.5, 0.6) is 0 Å². The fourth-order valence-electron chi connectivity index (χ4n) is 3.03. The van der Waals surface area contributed by atoms with Gasteiger partial charge < -0.3 is 14.5 Å². The number of carbonyl (C=O) groups is 1. The number of allylic oxidation sites excluding steroid dienone is 2. The van der Waals surface area contributed by atoms with Gasteiger partial charge in [-0.05, 0) is 30.5 Å². The molecule has 3 rings (SSSR count). The average molecular weight is 432 g/mol. The number of hydrogen-bond acceptors (Lipinski definition) is 6. The molecule has 1 amide bonds. The number of aromatic nitrogens is 1. The van der Waals surface area contributed by atoms with Crippen LogP contribution in [0.3, 0.4) is 0 Å². The Morgan fingerprint density at radius 1 is 1.33 bits per heavy atom. The van der Waals surface area contributed by atoms with E-state index < -0.39 is 10.0 Å². The molecule has 0 atom stereocenters. The molecule has 9 heteroatoms. The Morgan fingerprint density at radius 2 is 2.13 bits per heavy atom. The molecule has 0 spiro atoms. The smallest absolute Gasteiger partial charge is 0.287 e. The van der Waals surface area contributed by atoms with Crippen LogP contribution in [-0.4, -0.2) is 50.9 Å². The van der Waals surface area contributed by atoms with Crippen LogP contribution in [0, 0.1) is 0 Å². The highest BCUT2D eigenvalue weighted by molar-refractivity contribution is 7.89. The first kappa shape index (κ1) is 21.9. The lowest BCUT2D eigenvalue weighted by molar-refractivity contribution is 0.0832. The van der Waals surface area contributed by atoms with E-state index in [1.54, 1.807) is 48.8 Å². The van der Waals surface area contributed by atoms with Gasteiger partial charge in [-0.3, -0.25) is 9.78 Å². The summed E-state index contributed by atoms with van der Waals surface area (Å²) in [6.45, 7) is 4.99. The number of carbonyl (C=O) groups excluding carboxylic acids is 1. The zero-order valence-electron chi connectivity index (χ0n) is 16.5. The molecule has 2 N–H and O–H groups in total. The normalized spacial score (nSPS) is 16.2. The first-order chi connectivity index (χ1) is 14.5. The van der Waals surface area contributed by atoms with Crippen molar-refractivity contribution < 1.29 is 22.4 Å². The number of hydrogen-bond donors (Lipinski definition) is 2. The molecule has 0 bridgehead atoms. The van der Waals surface area contributed by atoms with E-state index in [-0.39, 0.29) is 30.0 Å². The first-order valence-corrected chi connectivity index (χ1v) is 11.3. The van der Waals surface area contributed by atoms with Gasteiger partial charge >= 0.3 is 0 Å². The fourth-order valence-corrected chi connectivity index (χ4v) is 4.22. The molecule has 2 aromatic rings. The molecule has 0 aliphatic carbocycles. The molecule has 1 fully saturated rings. The van der Waals surface area contributed by atoms with Gasteiger partial charge in [0.1, 0.15) is 0 Å². The largest absolute Gasteiger partial charge is 0.449 e. The average Bonchev–Trinajstić information content (AvgIpc) is 3.16. The van der Waals surface area contributed by atoms with Crippen molar-refractivity contribution in [1.29, 1.82) is 0 Å². The molecular weight excluding hydrogens is 406 g/mol. The summed E-state index contributed by atoms with van der Waals surface area (Å²) in [4.78, 5) is 16.3. The van der Waals surface area contributed by atoms with Crippen molar-refractivity contribution in [1.82, 2.24) is 15.0 Å². The second-order valence-electron chi connectivity index (χ2n) is 6.87. The Morgan fingerprint density at radius 3 is 2.87 bits per heavy atom. The van der Waals surface area contributed by atoms with Crippen LogP contribution in [0.25, 0.3) is 11.0 Å². The zero-order chi connectivity index (χ0) is 21.4. The maximum Gasteiger partial charge on any atom is 0.287 e. The Balaban J connectivity index is 1.54. The number of furan rings is 1. The summed E-state index contributed by atoms with van der Waals surface area (Å²) in [6, 6.07) is 3.32. The Labute approximate surface area is 175 Å². The molecule has 1 saturated heterocycles. The van der Waals surface area contributed by atoms with Crippen LogP contribution in [0.2, 0.25) is 0 Å². The van der Waals surface area contributed by atoms with Crippen molar-refractivity contribution in [2.75, 3.05) is 25.5 Å². The minimum absolute atomic E-state index is 0.0846. The summed E-state index contributed by atoms with van der Waals surface area (Å²) in [5.74, 6) is -0.338. The van der Waals surface area contributed by atoms with Gasteiger partial charge in [0.2, 0.25) is 10.0 Å². The van der Waals surface area contributed by atoms with E-state index >= 15 is 0 Å². The molecule has 30 heavy (non-hydrogen) atoms. The van der Waals surface area contributed by atoms with Crippen LogP contribution in [-0.2, 0) is 14.8 Å². The summed E-state index contributed by atoms with van der Waals surface area (Å²) < 4.78 is 37.9. The lowest BCUT2D eigenvalue weighted by Gasteiger charge is -2.22. The van der Waals surface area contributed by atoms with Crippen LogP contribution in [0.4, 0.5) is 0 Å². The van der Waals surface area contributed by atoms with E-state index in [2.05, 4.69) is 21.6 Å². The molecular formula is C21H25N3O5S. The number of fused-ring (bicyclic) bond motifs is 1. The van der Waals surface area contributed by atoms with Gasteiger partial charge in [0, 0.05) is 37.4 Å². The van der Waals surface area contributed by atoms with Crippen molar-refractivity contribution >= 4 is 26.9 Å². The van der Waals surface area contributed by atoms with E-state index in [1.165, 1.54) is 0 Å². The van der Waals surface area contributed by atoms with Crippen molar-refractivity contribution in [2.45, 2.75) is 18.9 Å². The highest BCUT2D eigenvalue weighted by atomic mass is 32.2. The number of pyridine rings is 1. The number of amides is 1. The minimum Gasteiger partial charge on any atom is -0.449 e. The maximum atomic E-state index is 12.4. The monoisotopic (exact) mass is 431 g/mol. The molecule has 2 aromatic heterocycles. The van der Waals surface area contributed by atoms with Gasteiger partial charge in [0.15, 0.2) is 11.3 Å². The molecule has 1 aliphatic heterocycles. The molecule has 0 radical (unpaired) electrons. The maximum absolute atomic E-state index is 12.4. The Kier molecular flexibility index (Phi) is 7.56. The fraction of sp³-hybridized carbons (Fsp3) is 0.333. The molecule has 3 heterocycles. The van der Waals surface area contributed by atoms with E-state index in [0.29, 0.717) is 37.2 Å². The third kappa shape index (κ3) is 6.38. The zero-order valence-corrected chi connectivity index (χ0v) is 17.4. The summed E-state index contributed by atoms with van der Waals surface area (Å²) in [5.41, 5.74) is 1.24. The molecule has 160 valence electrons. The summed E-state index contributed by atoms with van der Waals surface area (Å²) >= 11 is 0. The number of ether oxygens (including phenoxy) is 1. The molecule has 1 aliphatic rings.